The van der Waals surface area contributed by atoms with Crippen LogP contribution in [0.15, 0.2) is 0 Å². The Morgan fingerprint density at radius 3 is 2.26 bits per heavy atom. The van der Waals surface area contributed by atoms with E-state index in [1.54, 1.807) is 0 Å². The van der Waals surface area contributed by atoms with Crippen LogP contribution in [0.2, 0.25) is 0 Å². The van der Waals surface area contributed by atoms with E-state index >= 15 is 0 Å². The molecule has 0 amide bonds. The van der Waals surface area contributed by atoms with E-state index in [0.29, 0.717) is 26.1 Å². The van der Waals surface area contributed by atoms with Gasteiger partial charge in [-0.3, -0.25) is 0 Å². The second kappa shape index (κ2) is 6.45. The van der Waals surface area contributed by atoms with E-state index in [4.69, 9.17) is 24.4 Å². The molecule has 114 valence electrons. The summed E-state index contributed by atoms with van der Waals surface area (Å²) in [4.78, 5) is 0. The average molecular weight is 280 g/mol. The lowest BCUT2D eigenvalue weighted by Crippen LogP contribution is -2.27. The van der Waals surface area contributed by atoms with Gasteiger partial charge in [0, 0.05) is 19.4 Å². The second-order valence-electron chi connectivity index (χ2n) is 5.89. The van der Waals surface area contributed by atoms with Crippen molar-refractivity contribution in [3.63, 3.8) is 0 Å². The van der Waals surface area contributed by atoms with Gasteiger partial charge in [-0.2, -0.15) is 0 Å². The first-order valence-electron chi connectivity index (χ1n) is 6.59. The van der Waals surface area contributed by atoms with Gasteiger partial charge in [0.25, 0.3) is 0 Å². The van der Waals surface area contributed by atoms with Crippen LogP contribution in [-0.2, 0) is 14.2 Å². The van der Waals surface area contributed by atoms with Gasteiger partial charge in [-0.25, -0.2) is 4.39 Å². The largest absolute Gasteiger partial charge is 0.375 e. The first kappa shape index (κ1) is 16.8. The monoisotopic (exact) mass is 280 g/mol. The molecule has 0 bridgehead atoms. The molecular weight excluding hydrogens is 255 g/mol. The van der Waals surface area contributed by atoms with Crippen LogP contribution in [0.5, 0.6) is 0 Å². The van der Waals surface area contributed by atoms with Crippen molar-refractivity contribution in [2.45, 2.75) is 70.5 Å². The maximum Gasteiger partial charge on any atom is 0.163 e. The van der Waals surface area contributed by atoms with Crippen LogP contribution >= 0.6 is 0 Å². The Hall–Kier alpha value is -0.270. The Morgan fingerprint density at radius 2 is 1.89 bits per heavy atom. The molecule has 6 heteroatoms. The van der Waals surface area contributed by atoms with E-state index in [-0.39, 0.29) is 12.2 Å². The standard InChI is InChI=1S/C10H17FO3.C3H8O2/c1-10(2)13-6-7(14-10)5-9-8(11)3-4-12-9;1-3(2,4)5/h7-9H,3-6H2,1-2H3;4-5H,1-2H3/t7?,8-,9?;/m1./s1. The van der Waals surface area contributed by atoms with Crippen molar-refractivity contribution in [2.75, 3.05) is 13.2 Å². The molecule has 3 atom stereocenters. The maximum atomic E-state index is 13.2. The van der Waals surface area contributed by atoms with Crippen molar-refractivity contribution in [1.29, 1.82) is 0 Å². The Labute approximate surface area is 113 Å². The van der Waals surface area contributed by atoms with Gasteiger partial charge < -0.3 is 24.4 Å². The summed E-state index contributed by atoms with van der Waals surface area (Å²) in [7, 11) is 0. The lowest BCUT2D eigenvalue weighted by Gasteiger charge is -2.19. The van der Waals surface area contributed by atoms with Crippen molar-refractivity contribution < 1.29 is 28.8 Å². The Morgan fingerprint density at radius 1 is 1.32 bits per heavy atom. The number of aliphatic hydroxyl groups is 2. The fraction of sp³-hybridized carbons (Fsp3) is 1.00. The SMILES string of the molecule is CC(C)(O)O.CC1(C)OCC(CC2OCC[C@H]2F)O1. The number of hydrogen-bond donors (Lipinski definition) is 2. The summed E-state index contributed by atoms with van der Waals surface area (Å²) in [5.41, 5.74) is 0. The molecule has 0 spiro atoms. The molecule has 2 aliphatic heterocycles. The first-order valence-corrected chi connectivity index (χ1v) is 6.59. The molecule has 2 unspecified atom stereocenters. The van der Waals surface area contributed by atoms with Gasteiger partial charge in [0.05, 0.1) is 18.8 Å². The van der Waals surface area contributed by atoms with Gasteiger partial charge in [0.2, 0.25) is 0 Å². The normalized spacial score (nSPS) is 33.9. The molecule has 0 aliphatic carbocycles. The second-order valence-corrected chi connectivity index (χ2v) is 5.89. The van der Waals surface area contributed by atoms with Crippen LogP contribution in [0, 0.1) is 0 Å². The highest BCUT2D eigenvalue weighted by molar-refractivity contribution is 4.81. The molecule has 0 saturated carbocycles. The summed E-state index contributed by atoms with van der Waals surface area (Å²) in [6.07, 6.45) is -0.0298. The third-order valence-electron chi connectivity index (χ3n) is 2.69. The number of ether oxygens (including phenoxy) is 3. The van der Waals surface area contributed by atoms with E-state index in [0.717, 1.165) is 0 Å². The molecule has 0 radical (unpaired) electrons. The maximum absolute atomic E-state index is 13.2. The Bertz CT molecular complexity index is 271. The predicted molar refractivity (Wildman–Crippen MR) is 67.3 cm³/mol. The summed E-state index contributed by atoms with van der Waals surface area (Å²) >= 11 is 0. The zero-order valence-electron chi connectivity index (χ0n) is 12.1. The zero-order chi connectivity index (χ0) is 14.7. The summed E-state index contributed by atoms with van der Waals surface area (Å²) in [5, 5.41) is 16.2. The first-order chi connectivity index (χ1) is 8.57. The molecule has 2 aliphatic rings. The minimum Gasteiger partial charge on any atom is -0.375 e. The summed E-state index contributed by atoms with van der Waals surface area (Å²) < 4.78 is 29.5. The van der Waals surface area contributed by atoms with Crippen LogP contribution in [0.1, 0.15) is 40.5 Å². The molecule has 0 aromatic carbocycles. The molecule has 5 nitrogen and oxygen atoms in total. The van der Waals surface area contributed by atoms with Crippen molar-refractivity contribution in [1.82, 2.24) is 0 Å². The van der Waals surface area contributed by atoms with Gasteiger partial charge in [-0.05, 0) is 27.7 Å². The predicted octanol–water partition coefficient (Wildman–Crippen LogP) is 1.36. The van der Waals surface area contributed by atoms with E-state index in [9.17, 15) is 4.39 Å². The molecule has 0 aromatic heterocycles. The number of hydrogen-bond acceptors (Lipinski definition) is 5. The van der Waals surface area contributed by atoms with Crippen molar-refractivity contribution in [3.05, 3.63) is 0 Å². The zero-order valence-corrected chi connectivity index (χ0v) is 12.1. The van der Waals surface area contributed by atoms with Crippen molar-refractivity contribution in [2.24, 2.45) is 0 Å². The van der Waals surface area contributed by atoms with Gasteiger partial charge in [0.15, 0.2) is 11.6 Å². The third-order valence-corrected chi connectivity index (χ3v) is 2.69. The van der Waals surface area contributed by atoms with Crippen molar-refractivity contribution >= 4 is 0 Å². The lowest BCUT2D eigenvalue weighted by molar-refractivity contribution is -0.142. The van der Waals surface area contributed by atoms with Gasteiger partial charge >= 0.3 is 0 Å². The Balaban J connectivity index is 0.000000312. The van der Waals surface area contributed by atoms with Crippen LogP contribution in [0.3, 0.4) is 0 Å². The molecule has 0 aromatic rings. The van der Waals surface area contributed by atoms with Gasteiger partial charge in [0.1, 0.15) is 6.17 Å². The molecule has 2 saturated heterocycles. The molecular formula is C13H25FO5. The van der Waals surface area contributed by atoms with Crippen LogP contribution in [-0.4, -0.2) is 53.4 Å². The molecule has 2 heterocycles. The number of alkyl halides is 1. The van der Waals surface area contributed by atoms with Gasteiger partial charge in [-0.1, -0.05) is 0 Å². The van der Waals surface area contributed by atoms with Crippen LogP contribution in [0.4, 0.5) is 4.39 Å². The average Bonchev–Trinajstić information content (AvgIpc) is 2.72. The molecule has 19 heavy (non-hydrogen) atoms. The minimum absolute atomic E-state index is 0.0219. The quantitative estimate of drug-likeness (QED) is 0.748. The number of rotatable bonds is 2. The fourth-order valence-electron chi connectivity index (χ4n) is 1.98. The molecule has 2 rings (SSSR count). The third kappa shape index (κ3) is 7.17. The fourth-order valence-corrected chi connectivity index (χ4v) is 1.98. The Kier molecular flexibility index (Phi) is 5.70. The van der Waals surface area contributed by atoms with E-state index in [1.165, 1.54) is 13.8 Å². The lowest BCUT2D eigenvalue weighted by atomic mass is 10.1. The van der Waals surface area contributed by atoms with Gasteiger partial charge in [-0.15, -0.1) is 0 Å². The highest BCUT2D eigenvalue weighted by atomic mass is 19.1. The highest BCUT2D eigenvalue weighted by Gasteiger charge is 2.37. The molecule has 2 fully saturated rings. The number of halogens is 1. The van der Waals surface area contributed by atoms with E-state index in [2.05, 4.69) is 0 Å². The van der Waals surface area contributed by atoms with Crippen LogP contribution < -0.4 is 0 Å². The topological polar surface area (TPSA) is 68.2 Å². The smallest absolute Gasteiger partial charge is 0.163 e. The summed E-state index contributed by atoms with van der Waals surface area (Å²) in [6.45, 7) is 7.41. The minimum atomic E-state index is -1.50. The highest BCUT2D eigenvalue weighted by Crippen LogP contribution is 2.28. The van der Waals surface area contributed by atoms with E-state index < -0.39 is 17.7 Å². The van der Waals surface area contributed by atoms with Crippen LogP contribution in [0.25, 0.3) is 0 Å². The molecule has 2 N–H and O–H groups in total. The summed E-state index contributed by atoms with van der Waals surface area (Å²) in [6, 6.07) is 0. The van der Waals surface area contributed by atoms with E-state index in [1.807, 2.05) is 13.8 Å². The summed E-state index contributed by atoms with van der Waals surface area (Å²) in [5.74, 6) is -2.02. The van der Waals surface area contributed by atoms with Crippen molar-refractivity contribution in [3.8, 4) is 0 Å².